The zero-order chi connectivity index (χ0) is 8.97. The lowest BCUT2D eigenvalue weighted by molar-refractivity contribution is -0.141. The maximum Gasteiger partial charge on any atom is 0.361 e. The maximum absolute atomic E-state index is 10.2. The van der Waals surface area contributed by atoms with E-state index >= 15 is 0 Å². The van der Waals surface area contributed by atoms with Gasteiger partial charge in [-0.2, -0.15) is 0 Å². The van der Waals surface area contributed by atoms with Gasteiger partial charge in [-0.1, -0.05) is 17.7 Å². The summed E-state index contributed by atoms with van der Waals surface area (Å²) in [4.78, 5) is 14.0. The summed E-state index contributed by atoms with van der Waals surface area (Å²) in [6.45, 7) is 0. The smallest absolute Gasteiger partial charge is 0.361 e. The highest BCUT2D eigenvalue weighted by atomic mass is 35.5. The van der Waals surface area contributed by atoms with E-state index in [2.05, 4.69) is 4.98 Å². The van der Waals surface area contributed by atoms with Crippen molar-refractivity contribution in [3.63, 3.8) is 0 Å². The van der Waals surface area contributed by atoms with Gasteiger partial charge in [0, 0.05) is 12.3 Å². The molecular weight excluding hydrogens is 182 g/mol. The third-order valence-corrected chi connectivity index (χ3v) is 1.33. The van der Waals surface area contributed by atoms with Crippen LogP contribution in [-0.4, -0.2) is 21.6 Å². The third kappa shape index (κ3) is 2.39. The second kappa shape index (κ2) is 3.92. The summed E-state index contributed by atoms with van der Waals surface area (Å²) in [6, 6.07) is 4.89. The van der Waals surface area contributed by atoms with Gasteiger partial charge in [-0.05, 0) is 6.07 Å². The van der Waals surface area contributed by atoms with Crippen LogP contribution >= 0.6 is 11.6 Å². The van der Waals surface area contributed by atoms with Gasteiger partial charge in [-0.3, -0.25) is 0 Å². The number of ether oxygens (including phenoxy) is 1. The van der Waals surface area contributed by atoms with Crippen LogP contribution < -0.4 is 4.74 Å². The number of carbonyl (C=O) groups is 1. The molecule has 0 amide bonds. The number of carboxylic acid groups (broad SMARTS) is 1. The summed E-state index contributed by atoms with van der Waals surface area (Å²) < 4.78 is 4.73. The highest BCUT2D eigenvalue weighted by molar-refractivity contribution is 6.28. The zero-order valence-electron chi connectivity index (χ0n) is 5.98. The molecule has 0 aliphatic carbocycles. The average molecular weight is 188 g/mol. The van der Waals surface area contributed by atoms with Crippen LogP contribution in [0.15, 0.2) is 24.4 Å². The third-order valence-electron chi connectivity index (χ3n) is 1.06. The van der Waals surface area contributed by atoms with E-state index in [9.17, 15) is 4.79 Å². The number of alkyl halides is 1. The predicted molar refractivity (Wildman–Crippen MR) is 42.1 cm³/mol. The molecule has 1 unspecified atom stereocenters. The first-order valence-electron chi connectivity index (χ1n) is 3.14. The molecule has 0 saturated heterocycles. The number of aliphatic carboxylic acids is 1. The van der Waals surface area contributed by atoms with Gasteiger partial charge in [0.1, 0.15) is 0 Å². The molecule has 1 rings (SSSR count). The van der Waals surface area contributed by atoms with Crippen molar-refractivity contribution in [2.75, 3.05) is 0 Å². The normalized spacial score (nSPS) is 12.1. The highest BCUT2D eigenvalue weighted by Crippen LogP contribution is 2.08. The van der Waals surface area contributed by atoms with Gasteiger partial charge < -0.3 is 9.84 Å². The lowest BCUT2D eigenvalue weighted by atomic mass is 10.5. The van der Waals surface area contributed by atoms with Crippen LogP contribution in [0, 0.1) is 0 Å². The van der Waals surface area contributed by atoms with E-state index < -0.39 is 11.5 Å². The Bertz CT molecular complexity index is 265. The summed E-state index contributed by atoms with van der Waals surface area (Å²) >= 11 is 5.29. The molecule has 0 radical (unpaired) electrons. The Hall–Kier alpha value is -1.29. The number of hydrogen-bond acceptors (Lipinski definition) is 3. The maximum atomic E-state index is 10.2. The van der Waals surface area contributed by atoms with Crippen molar-refractivity contribution in [3.05, 3.63) is 24.4 Å². The van der Waals surface area contributed by atoms with Gasteiger partial charge in [0.2, 0.25) is 5.88 Å². The minimum Gasteiger partial charge on any atom is -0.478 e. The first-order valence-corrected chi connectivity index (χ1v) is 3.58. The summed E-state index contributed by atoms with van der Waals surface area (Å²) in [5.41, 5.74) is -1.39. The fourth-order valence-electron chi connectivity index (χ4n) is 0.573. The highest BCUT2D eigenvalue weighted by Gasteiger charge is 2.14. The van der Waals surface area contributed by atoms with Crippen molar-refractivity contribution in [1.29, 1.82) is 0 Å². The van der Waals surface area contributed by atoms with Crippen LogP contribution in [0.3, 0.4) is 0 Å². The topological polar surface area (TPSA) is 59.4 Å². The average Bonchev–Trinajstić information content (AvgIpc) is 2.06. The van der Waals surface area contributed by atoms with Crippen LogP contribution in [0.5, 0.6) is 5.88 Å². The monoisotopic (exact) mass is 187 g/mol. The van der Waals surface area contributed by atoms with Crippen molar-refractivity contribution < 1.29 is 14.6 Å². The SMILES string of the molecule is O=C(O)C(Cl)Oc1ccccn1. The molecule has 0 bridgehead atoms. The molecule has 0 saturated carbocycles. The van der Waals surface area contributed by atoms with Gasteiger partial charge in [-0.25, -0.2) is 9.78 Å². The Balaban J connectivity index is 2.58. The number of rotatable bonds is 3. The van der Waals surface area contributed by atoms with Gasteiger partial charge in [0.15, 0.2) is 0 Å². The summed E-state index contributed by atoms with van der Waals surface area (Å²) in [5, 5.41) is 8.36. The Morgan fingerprint density at radius 3 is 2.92 bits per heavy atom. The molecule has 0 fully saturated rings. The van der Waals surface area contributed by atoms with E-state index in [1.165, 1.54) is 12.3 Å². The van der Waals surface area contributed by atoms with Crippen molar-refractivity contribution in [2.24, 2.45) is 0 Å². The summed E-state index contributed by atoms with van der Waals surface area (Å²) in [5.74, 6) is -1.04. The van der Waals surface area contributed by atoms with Crippen LogP contribution in [-0.2, 0) is 4.79 Å². The minimum atomic E-state index is -1.39. The van der Waals surface area contributed by atoms with Crippen LogP contribution in [0.2, 0.25) is 0 Å². The number of aromatic nitrogens is 1. The fourth-order valence-corrected chi connectivity index (χ4v) is 0.664. The second-order valence-corrected chi connectivity index (χ2v) is 2.34. The molecule has 1 aromatic heterocycles. The van der Waals surface area contributed by atoms with E-state index in [1.54, 1.807) is 12.1 Å². The van der Waals surface area contributed by atoms with Gasteiger partial charge >= 0.3 is 5.97 Å². The molecule has 64 valence electrons. The number of pyridine rings is 1. The summed E-state index contributed by atoms with van der Waals surface area (Å²) in [6.07, 6.45) is 1.49. The number of halogens is 1. The van der Waals surface area contributed by atoms with Crippen molar-refractivity contribution in [3.8, 4) is 5.88 Å². The van der Waals surface area contributed by atoms with Gasteiger partial charge in [0.05, 0.1) is 0 Å². The van der Waals surface area contributed by atoms with E-state index in [4.69, 9.17) is 21.4 Å². The molecule has 1 N–H and O–H groups in total. The lowest BCUT2D eigenvalue weighted by Crippen LogP contribution is -2.20. The quantitative estimate of drug-likeness (QED) is 0.721. The Kier molecular flexibility index (Phi) is 2.88. The summed E-state index contributed by atoms with van der Waals surface area (Å²) in [7, 11) is 0. The lowest BCUT2D eigenvalue weighted by Gasteiger charge is -2.05. The van der Waals surface area contributed by atoms with E-state index in [-0.39, 0.29) is 5.88 Å². The minimum absolute atomic E-state index is 0.194. The second-order valence-electron chi connectivity index (χ2n) is 1.94. The Morgan fingerprint density at radius 1 is 1.67 bits per heavy atom. The predicted octanol–water partition coefficient (Wildman–Crippen LogP) is 1.11. The molecule has 12 heavy (non-hydrogen) atoms. The molecule has 0 aliphatic heterocycles. The van der Waals surface area contributed by atoms with Gasteiger partial charge in [-0.15, -0.1) is 0 Å². The molecule has 5 heteroatoms. The fraction of sp³-hybridized carbons (Fsp3) is 0.143. The molecular formula is C7H6ClNO3. The molecule has 0 aromatic carbocycles. The van der Waals surface area contributed by atoms with Crippen molar-refractivity contribution >= 4 is 17.6 Å². The van der Waals surface area contributed by atoms with Crippen molar-refractivity contribution in [1.82, 2.24) is 4.98 Å². The molecule has 1 heterocycles. The van der Waals surface area contributed by atoms with E-state index in [0.29, 0.717) is 0 Å². The number of hydrogen-bond donors (Lipinski definition) is 1. The molecule has 1 aromatic rings. The number of carboxylic acids is 1. The van der Waals surface area contributed by atoms with Crippen LogP contribution in [0.25, 0.3) is 0 Å². The zero-order valence-corrected chi connectivity index (χ0v) is 6.73. The molecule has 4 nitrogen and oxygen atoms in total. The van der Waals surface area contributed by atoms with Crippen LogP contribution in [0.4, 0.5) is 0 Å². The molecule has 1 atom stereocenters. The molecule has 0 aliphatic rings. The van der Waals surface area contributed by atoms with E-state index in [0.717, 1.165) is 0 Å². The van der Waals surface area contributed by atoms with E-state index in [1.807, 2.05) is 0 Å². The molecule has 0 spiro atoms. The van der Waals surface area contributed by atoms with Crippen molar-refractivity contribution in [2.45, 2.75) is 5.56 Å². The standard InChI is InChI=1S/C7H6ClNO3/c8-6(7(10)11)12-5-3-1-2-4-9-5/h1-4,6H,(H,10,11). The first-order chi connectivity index (χ1) is 5.70. The Morgan fingerprint density at radius 2 is 2.42 bits per heavy atom. The number of nitrogens with zero attached hydrogens (tertiary/aromatic N) is 1. The first kappa shape index (κ1) is 8.80. The largest absolute Gasteiger partial charge is 0.478 e. The van der Waals surface area contributed by atoms with Crippen LogP contribution in [0.1, 0.15) is 0 Å². The Labute approximate surface area is 73.8 Å². The van der Waals surface area contributed by atoms with Gasteiger partial charge in [0.25, 0.3) is 5.56 Å².